The molecule has 1 aromatic heterocycles. The van der Waals surface area contributed by atoms with E-state index in [1.54, 1.807) is 6.26 Å². The van der Waals surface area contributed by atoms with Crippen molar-refractivity contribution in [1.82, 2.24) is 5.32 Å². The third-order valence-electron chi connectivity index (χ3n) is 3.38. The lowest BCUT2D eigenvalue weighted by Gasteiger charge is -2.28. The molecule has 3 heteroatoms. The van der Waals surface area contributed by atoms with Gasteiger partial charge in [0.2, 0.25) is 0 Å². The maximum Gasteiger partial charge on any atom is 0.124 e. The number of nitrogens with one attached hydrogen (secondary N) is 1. The van der Waals surface area contributed by atoms with Gasteiger partial charge >= 0.3 is 0 Å². The van der Waals surface area contributed by atoms with E-state index in [2.05, 4.69) is 24.4 Å². The van der Waals surface area contributed by atoms with Gasteiger partial charge in [-0.05, 0) is 25.1 Å². The van der Waals surface area contributed by atoms with Gasteiger partial charge in [-0.3, -0.25) is 0 Å². The molecule has 1 aromatic carbocycles. The number of rotatable bonds is 3. The predicted molar refractivity (Wildman–Crippen MR) is 69.6 cm³/mol. The molecule has 94 valence electrons. The van der Waals surface area contributed by atoms with Crippen molar-refractivity contribution in [3.05, 3.63) is 54.0 Å². The van der Waals surface area contributed by atoms with Crippen LogP contribution in [-0.4, -0.2) is 6.61 Å². The van der Waals surface area contributed by atoms with Crippen LogP contribution < -0.4 is 10.1 Å². The van der Waals surface area contributed by atoms with Gasteiger partial charge in [-0.1, -0.05) is 18.2 Å². The first kappa shape index (κ1) is 11.4. The lowest BCUT2D eigenvalue weighted by molar-refractivity contribution is 0.241. The second kappa shape index (κ2) is 4.86. The normalized spacial score (nSPS) is 19.9. The molecule has 3 rings (SSSR count). The first-order valence-electron chi connectivity index (χ1n) is 6.36. The van der Waals surface area contributed by atoms with Gasteiger partial charge in [0.05, 0.1) is 18.9 Å². The van der Waals surface area contributed by atoms with Crippen LogP contribution in [0.4, 0.5) is 0 Å². The van der Waals surface area contributed by atoms with E-state index >= 15 is 0 Å². The summed E-state index contributed by atoms with van der Waals surface area (Å²) >= 11 is 0. The standard InChI is InChI=1S/C15H17NO2/c1-11(14-7-4-9-17-14)16-13-8-10-18-15-6-3-2-5-12(13)15/h2-7,9,11,13,16H,8,10H2,1H3/t11-,13?/m0/s1. The highest BCUT2D eigenvalue weighted by Crippen LogP contribution is 2.33. The largest absolute Gasteiger partial charge is 0.493 e. The van der Waals surface area contributed by atoms with Gasteiger partial charge in [-0.15, -0.1) is 0 Å². The van der Waals surface area contributed by atoms with Crippen LogP contribution in [0.2, 0.25) is 0 Å². The van der Waals surface area contributed by atoms with Gasteiger partial charge in [0.1, 0.15) is 11.5 Å². The first-order chi connectivity index (χ1) is 8.84. The molecule has 2 heterocycles. The minimum absolute atomic E-state index is 0.205. The summed E-state index contributed by atoms with van der Waals surface area (Å²) in [6, 6.07) is 12.7. The van der Waals surface area contributed by atoms with Gasteiger partial charge in [-0.25, -0.2) is 0 Å². The van der Waals surface area contributed by atoms with Crippen molar-refractivity contribution >= 4 is 0 Å². The molecule has 0 radical (unpaired) electrons. The molecule has 1 N–H and O–H groups in total. The Morgan fingerprint density at radius 3 is 2.94 bits per heavy atom. The van der Waals surface area contributed by atoms with Crippen molar-refractivity contribution in [1.29, 1.82) is 0 Å². The van der Waals surface area contributed by atoms with Crippen LogP contribution >= 0.6 is 0 Å². The Balaban J connectivity index is 1.78. The van der Waals surface area contributed by atoms with Gasteiger partial charge in [0.15, 0.2) is 0 Å². The van der Waals surface area contributed by atoms with E-state index in [1.165, 1.54) is 5.56 Å². The van der Waals surface area contributed by atoms with Gasteiger partial charge in [0.25, 0.3) is 0 Å². The Bertz CT molecular complexity index is 507. The molecule has 1 aliphatic rings. The van der Waals surface area contributed by atoms with Gasteiger partial charge < -0.3 is 14.5 Å². The summed E-state index contributed by atoms with van der Waals surface area (Å²) in [5.74, 6) is 1.96. The molecule has 2 atom stereocenters. The number of furan rings is 1. The third kappa shape index (κ3) is 2.14. The number of para-hydroxylation sites is 1. The summed E-state index contributed by atoms with van der Waals surface area (Å²) in [6.45, 7) is 2.89. The van der Waals surface area contributed by atoms with Crippen LogP contribution in [-0.2, 0) is 0 Å². The van der Waals surface area contributed by atoms with Crippen molar-refractivity contribution in [2.45, 2.75) is 25.4 Å². The van der Waals surface area contributed by atoms with Crippen LogP contribution in [0.15, 0.2) is 47.1 Å². The van der Waals surface area contributed by atoms with E-state index in [-0.39, 0.29) is 6.04 Å². The van der Waals surface area contributed by atoms with E-state index in [4.69, 9.17) is 9.15 Å². The molecule has 0 saturated carbocycles. The lowest BCUT2D eigenvalue weighted by atomic mass is 9.99. The Morgan fingerprint density at radius 2 is 2.11 bits per heavy atom. The maximum atomic E-state index is 5.66. The lowest BCUT2D eigenvalue weighted by Crippen LogP contribution is -2.29. The molecule has 0 amide bonds. The summed E-state index contributed by atoms with van der Waals surface area (Å²) in [5.41, 5.74) is 1.24. The fourth-order valence-corrected chi connectivity index (χ4v) is 2.44. The summed E-state index contributed by atoms with van der Waals surface area (Å²) in [7, 11) is 0. The number of hydrogen-bond donors (Lipinski definition) is 1. The summed E-state index contributed by atoms with van der Waals surface area (Å²) in [5, 5.41) is 3.60. The highest BCUT2D eigenvalue weighted by atomic mass is 16.5. The molecule has 0 fully saturated rings. The second-order valence-corrected chi connectivity index (χ2v) is 4.63. The molecule has 1 unspecified atom stereocenters. The zero-order valence-corrected chi connectivity index (χ0v) is 10.4. The van der Waals surface area contributed by atoms with Crippen LogP contribution in [0.1, 0.15) is 36.8 Å². The summed E-state index contributed by atoms with van der Waals surface area (Å²) in [4.78, 5) is 0. The Kier molecular flexibility index (Phi) is 3.07. The molecule has 18 heavy (non-hydrogen) atoms. The molecule has 0 aliphatic carbocycles. The Hall–Kier alpha value is -1.74. The van der Waals surface area contributed by atoms with Crippen molar-refractivity contribution in [3.8, 4) is 5.75 Å². The van der Waals surface area contributed by atoms with Crippen LogP contribution in [0.5, 0.6) is 5.75 Å². The zero-order valence-electron chi connectivity index (χ0n) is 10.4. The van der Waals surface area contributed by atoms with Crippen LogP contribution in [0.25, 0.3) is 0 Å². The van der Waals surface area contributed by atoms with E-state index < -0.39 is 0 Å². The second-order valence-electron chi connectivity index (χ2n) is 4.63. The number of hydrogen-bond acceptors (Lipinski definition) is 3. The van der Waals surface area contributed by atoms with Gasteiger partial charge in [0, 0.05) is 18.0 Å². The molecule has 3 nitrogen and oxygen atoms in total. The SMILES string of the molecule is C[C@H](NC1CCOc2ccccc21)c1ccco1. The number of ether oxygens (including phenoxy) is 1. The monoisotopic (exact) mass is 243 g/mol. The average Bonchev–Trinajstić information content (AvgIpc) is 2.93. The topological polar surface area (TPSA) is 34.4 Å². The highest BCUT2D eigenvalue weighted by Gasteiger charge is 2.23. The fraction of sp³-hybridized carbons (Fsp3) is 0.333. The fourth-order valence-electron chi connectivity index (χ4n) is 2.44. The highest BCUT2D eigenvalue weighted by molar-refractivity contribution is 5.37. The minimum atomic E-state index is 0.205. The molecule has 0 spiro atoms. The van der Waals surface area contributed by atoms with Crippen LogP contribution in [0, 0.1) is 0 Å². The van der Waals surface area contributed by atoms with E-state index in [0.29, 0.717) is 6.04 Å². The van der Waals surface area contributed by atoms with Crippen molar-refractivity contribution < 1.29 is 9.15 Å². The molecule has 0 saturated heterocycles. The Labute approximate surface area is 107 Å². The minimum Gasteiger partial charge on any atom is -0.493 e. The quantitative estimate of drug-likeness (QED) is 0.896. The summed E-state index contributed by atoms with van der Waals surface area (Å²) < 4.78 is 11.1. The van der Waals surface area contributed by atoms with Gasteiger partial charge in [-0.2, -0.15) is 0 Å². The molecule has 1 aliphatic heterocycles. The first-order valence-corrected chi connectivity index (χ1v) is 6.36. The smallest absolute Gasteiger partial charge is 0.124 e. The third-order valence-corrected chi connectivity index (χ3v) is 3.38. The van der Waals surface area contributed by atoms with Crippen LogP contribution in [0.3, 0.4) is 0 Å². The van der Waals surface area contributed by atoms with E-state index in [0.717, 1.165) is 24.5 Å². The summed E-state index contributed by atoms with van der Waals surface area (Å²) in [6.07, 6.45) is 2.70. The van der Waals surface area contributed by atoms with Crippen molar-refractivity contribution in [3.63, 3.8) is 0 Å². The molecule has 2 aromatic rings. The molecular weight excluding hydrogens is 226 g/mol. The maximum absolute atomic E-state index is 5.66. The average molecular weight is 243 g/mol. The molecule has 0 bridgehead atoms. The zero-order chi connectivity index (χ0) is 12.4. The number of fused-ring (bicyclic) bond motifs is 1. The Morgan fingerprint density at radius 1 is 1.22 bits per heavy atom. The number of benzene rings is 1. The van der Waals surface area contributed by atoms with E-state index in [9.17, 15) is 0 Å². The predicted octanol–water partition coefficient (Wildman–Crippen LogP) is 3.45. The van der Waals surface area contributed by atoms with Crippen molar-refractivity contribution in [2.75, 3.05) is 6.61 Å². The van der Waals surface area contributed by atoms with Crippen molar-refractivity contribution in [2.24, 2.45) is 0 Å². The molecular formula is C15H17NO2. The van der Waals surface area contributed by atoms with E-state index in [1.807, 2.05) is 24.3 Å².